The fraction of sp³-hybridized carbons (Fsp3) is 0.188. The third-order valence-electron chi connectivity index (χ3n) is 2.97. The Morgan fingerprint density at radius 1 is 0.964 bits per heavy atom. The van der Waals surface area contributed by atoms with E-state index in [0.717, 1.165) is 0 Å². The van der Waals surface area contributed by atoms with E-state index in [1.807, 2.05) is 6.07 Å². The quantitative estimate of drug-likeness (QED) is 0.236. The first-order valence-electron chi connectivity index (χ1n) is 8.05. The van der Waals surface area contributed by atoms with Gasteiger partial charge in [0.15, 0.2) is 15.4 Å². The minimum absolute atomic E-state index is 0.356. The van der Waals surface area contributed by atoms with Gasteiger partial charge in [0.2, 0.25) is 5.95 Å². The van der Waals surface area contributed by atoms with E-state index in [9.17, 15) is 0 Å². The zero-order valence-corrected chi connectivity index (χ0v) is 17.2. The van der Waals surface area contributed by atoms with Gasteiger partial charge in [-0.05, 0) is 47.9 Å². The standard InChI is InChI=1S/C16H16N8OS3/c1-25-9-8-17-14(26)24-13-22-11(27-15-18-4-2-5-19-15)10-12(23-13)28-16-20-6-3-7-21-16/h2-7,10H,8-9H2,1H3,(H2,17,22,23,24,26). The lowest BCUT2D eigenvalue weighted by Gasteiger charge is -2.11. The van der Waals surface area contributed by atoms with Crippen molar-refractivity contribution in [3.63, 3.8) is 0 Å². The first-order valence-corrected chi connectivity index (χ1v) is 10.1. The Morgan fingerprint density at radius 3 is 2.00 bits per heavy atom. The fourth-order valence-corrected chi connectivity index (χ4v) is 3.54. The molecule has 2 N–H and O–H groups in total. The molecule has 0 saturated heterocycles. The van der Waals surface area contributed by atoms with Crippen LogP contribution in [0, 0.1) is 0 Å². The summed E-state index contributed by atoms with van der Waals surface area (Å²) in [6.07, 6.45) is 6.71. The lowest BCUT2D eigenvalue weighted by molar-refractivity contribution is 0.204. The van der Waals surface area contributed by atoms with Crippen LogP contribution in [0.1, 0.15) is 0 Å². The molecule has 144 valence electrons. The molecular weight excluding hydrogens is 416 g/mol. The number of ether oxygens (including phenoxy) is 1. The van der Waals surface area contributed by atoms with E-state index in [1.54, 1.807) is 44.0 Å². The van der Waals surface area contributed by atoms with Gasteiger partial charge in [0.25, 0.3) is 0 Å². The van der Waals surface area contributed by atoms with Crippen LogP contribution in [-0.4, -0.2) is 55.3 Å². The number of methoxy groups -OCH3 is 1. The normalized spacial score (nSPS) is 10.5. The Balaban J connectivity index is 1.79. The molecule has 3 heterocycles. The summed E-state index contributed by atoms with van der Waals surface area (Å²) in [6, 6.07) is 5.35. The lowest BCUT2D eigenvalue weighted by Crippen LogP contribution is -2.31. The summed E-state index contributed by atoms with van der Waals surface area (Å²) in [5.41, 5.74) is 0. The summed E-state index contributed by atoms with van der Waals surface area (Å²) < 4.78 is 5.00. The van der Waals surface area contributed by atoms with Crippen LogP contribution in [0.4, 0.5) is 5.95 Å². The molecule has 0 bridgehead atoms. The highest BCUT2D eigenvalue weighted by atomic mass is 32.2. The number of nitrogens with one attached hydrogen (secondary N) is 2. The van der Waals surface area contributed by atoms with Crippen LogP contribution < -0.4 is 10.6 Å². The van der Waals surface area contributed by atoms with Crippen molar-refractivity contribution in [1.29, 1.82) is 0 Å². The second-order valence-electron chi connectivity index (χ2n) is 5.01. The molecule has 0 spiro atoms. The van der Waals surface area contributed by atoms with Gasteiger partial charge in [-0.1, -0.05) is 0 Å². The van der Waals surface area contributed by atoms with Crippen molar-refractivity contribution in [3.05, 3.63) is 43.0 Å². The molecule has 3 aromatic rings. The van der Waals surface area contributed by atoms with E-state index in [-0.39, 0.29) is 0 Å². The van der Waals surface area contributed by atoms with Crippen LogP contribution in [0.5, 0.6) is 0 Å². The Bertz CT molecular complexity index is 841. The fourth-order valence-electron chi connectivity index (χ4n) is 1.84. The predicted molar refractivity (Wildman–Crippen MR) is 110 cm³/mol. The first-order chi connectivity index (χ1) is 13.7. The summed E-state index contributed by atoms with van der Waals surface area (Å²) in [6.45, 7) is 1.12. The molecule has 0 aliphatic rings. The average Bonchev–Trinajstić information content (AvgIpc) is 2.69. The second-order valence-corrected chi connectivity index (χ2v) is 7.39. The maximum atomic E-state index is 5.27. The molecule has 0 fully saturated rings. The van der Waals surface area contributed by atoms with Crippen molar-refractivity contribution in [3.8, 4) is 0 Å². The van der Waals surface area contributed by atoms with Crippen molar-refractivity contribution in [2.75, 3.05) is 25.6 Å². The minimum Gasteiger partial charge on any atom is -0.383 e. The molecule has 0 aliphatic carbocycles. The Labute approximate surface area is 175 Å². The van der Waals surface area contributed by atoms with Gasteiger partial charge in [0.05, 0.1) is 6.61 Å². The molecule has 0 saturated carbocycles. The van der Waals surface area contributed by atoms with E-state index in [2.05, 4.69) is 40.5 Å². The van der Waals surface area contributed by atoms with Crippen LogP contribution in [0.2, 0.25) is 0 Å². The topological polar surface area (TPSA) is 111 Å². The molecule has 0 aromatic carbocycles. The van der Waals surface area contributed by atoms with Crippen LogP contribution >= 0.6 is 35.7 Å². The Hall–Kier alpha value is -2.41. The summed E-state index contributed by atoms with van der Waals surface area (Å²) in [5.74, 6) is 0.356. The predicted octanol–water partition coefficient (Wildman–Crippen LogP) is 2.29. The number of hydrogen-bond acceptors (Lipinski definition) is 10. The van der Waals surface area contributed by atoms with E-state index < -0.39 is 0 Å². The highest BCUT2D eigenvalue weighted by molar-refractivity contribution is 7.99. The smallest absolute Gasteiger partial charge is 0.231 e. The Kier molecular flexibility index (Phi) is 7.84. The molecule has 0 radical (unpaired) electrons. The molecule has 0 aliphatic heterocycles. The monoisotopic (exact) mass is 432 g/mol. The number of anilines is 1. The zero-order valence-electron chi connectivity index (χ0n) is 14.8. The largest absolute Gasteiger partial charge is 0.383 e. The average molecular weight is 433 g/mol. The van der Waals surface area contributed by atoms with Gasteiger partial charge in [-0.25, -0.2) is 29.9 Å². The summed E-state index contributed by atoms with van der Waals surface area (Å²) in [7, 11) is 1.63. The molecule has 3 rings (SSSR count). The second kappa shape index (κ2) is 10.8. The van der Waals surface area contributed by atoms with Gasteiger partial charge in [0.1, 0.15) is 10.1 Å². The van der Waals surface area contributed by atoms with E-state index >= 15 is 0 Å². The highest BCUT2D eigenvalue weighted by Crippen LogP contribution is 2.29. The Morgan fingerprint density at radius 2 is 1.50 bits per heavy atom. The minimum atomic E-state index is 0.356. The SMILES string of the molecule is COCCNC(=S)Nc1nc(Sc2ncccn2)cc(Sc2ncccn2)n1. The van der Waals surface area contributed by atoms with Crippen molar-refractivity contribution in [2.24, 2.45) is 0 Å². The molecule has 3 aromatic heterocycles. The van der Waals surface area contributed by atoms with Gasteiger partial charge < -0.3 is 15.4 Å². The van der Waals surface area contributed by atoms with E-state index in [0.29, 0.717) is 44.6 Å². The summed E-state index contributed by atoms with van der Waals surface area (Å²) >= 11 is 7.92. The van der Waals surface area contributed by atoms with Crippen LogP contribution in [0.3, 0.4) is 0 Å². The molecule has 28 heavy (non-hydrogen) atoms. The van der Waals surface area contributed by atoms with Crippen molar-refractivity contribution < 1.29 is 4.74 Å². The number of aromatic nitrogens is 6. The number of nitrogens with zero attached hydrogens (tertiary/aromatic N) is 6. The molecule has 12 heteroatoms. The maximum absolute atomic E-state index is 5.27. The number of rotatable bonds is 8. The molecule has 0 amide bonds. The molecular formula is C16H16N8OS3. The van der Waals surface area contributed by atoms with Crippen LogP contribution in [0.25, 0.3) is 0 Å². The number of thiocarbonyl (C=S) groups is 1. The van der Waals surface area contributed by atoms with E-state index in [1.165, 1.54) is 23.5 Å². The summed E-state index contributed by atoms with van der Waals surface area (Å²) in [4.78, 5) is 25.8. The van der Waals surface area contributed by atoms with Gasteiger partial charge in [-0.3, -0.25) is 0 Å². The van der Waals surface area contributed by atoms with Crippen molar-refractivity contribution in [2.45, 2.75) is 20.4 Å². The highest BCUT2D eigenvalue weighted by Gasteiger charge is 2.11. The molecule has 9 nitrogen and oxygen atoms in total. The van der Waals surface area contributed by atoms with Crippen molar-refractivity contribution >= 4 is 46.8 Å². The lowest BCUT2D eigenvalue weighted by atomic mass is 10.6. The third-order valence-corrected chi connectivity index (χ3v) is 4.84. The van der Waals surface area contributed by atoms with Gasteiger partial charge >= 0.3 is 0 Å². The van der Waals surface area contributed by atoms with Crippen LogP contribution in [-0.2, 0) is 4.74 Å². The third kappa shape index (κ3) is 6.64. The first kappa shape index (κ1) is 20.3. The molecule has 0 unspecified atom stereocenters. The number of hydrogen-bond donors (Lipinski definition) is 2. The van der Waals surface area contributed by atoms with E-state index in [4.69, 9.17) is 17.0 Å². The maximum Gasteiger partial charge on any atom is 0.231 e. The molecule has 0 atom stereocenters. The zero-order chi connectivity index (χ0) is 19.6. The van der Waals surface area contributed by atoms with Crippen molar-refractivity contribution in [1.82, 2.24) is 35.2 Å². The van der Waals surface area contributed by atoms with Gasteiger partial charge in [-0.15, -0.1) is 0 Å². The van der Waals surface area contributed by atoms with Crippen LogP contribution in [0.15, 0.2) is 63.4 Å². The van der Waals surface area contributed by atoms with Gasteiger partial charge in [-0.2, -0.15) is 0 Å². The summed E-state index contributed by atoms with van der Waals surface area (Å²) in [5, 5.41) is 8.92. The van der Waals surface area contributed by atoms with Gasteiger partial charge in [0, 0.05) is 44.5 Å².